The summed E-state index contributed by atoms with van der Waals surface area (Å²) in [5, 5.41) is 0. The molecule has 0 unspecified atom stereocenters. The van der Waals surface area contributed by atoms with E-state index < -0.39 is 0 Å². The molecule has 3 aromatic rings. The third-order valence-electron chi connectivity index (χ3n) is 4.31. The summed E-state index contributed by atoms with van der Waals surface area (Å²) in [5.74, 6) is 0.588. The van der Waals surface area contributed by atoms with E-state index >= 15 is 0 Å². The highest BCUT2D eigenvalue weighted by molar-refractivity contribution is 5.98. The number of pyridine rings is 1. The number of carbonyl (C=O) groups is 1. The Morgan fingerprint density at radius 1 is 1.08 bits per heavy atom. The van der Waals surface area contributed by atoms with Gasteiger partial charge in [-0.25, -0.2) is 0 Å². The lowest BCUT2D eigenvalue weighted by Crippen LogP contribution is -2.13. The lowest BCUT2D eigenvalue weighted by atomic mass is 10.1. The summed E-state index contributed by atoms with van der Waals surface area (Å²) in [6.07, 6.45) is 1.64. The molecule has 0 radical (unpaired) electrons. The van der Waals surface area contributed by atoms with Gasteiger partial charge < -0.3 is 9.30 Å². The maximum absolute atomic E-state index is 12.6. The molecule has 0 N–H and O–H groups in total. The van der Waals surface area contributed by atoms with Crippen LogP contribution in [0.15, 0.2) is 54.7 Å². The third kappa shape index (κ3) is 3.97. The van der Waals surface area contributed by atoms with Crippen molar-refractivity contribution in [2.45, 2.75) is 27.3 Å². The predicted molar refractivity (Wildman–Crippen MR) is 98.2 cm³/mol. The number of rotatable bonds is 6. The van der Waals surface area contributed by atoms with E-state index in [4.69, 9.17) is 4.74 Å². The monoisotopic (exact) mass is 334 g/mol. The Morgan fingerprint density at radius 2 is 1.84 bits per heavy atom. The number of aryl methyl sites for hydroxylation is 2. The molecule has 0 fully saturated rings. The van der Waals surface area contributed by atoms with E-state index in [-0.39, 0.29) is 12.4 Å². The molecule has 0 spiro atoms. The van der Waals surface area contributed by atoms with Crippen LogP contribution in [0.25, 0.3) is 0 Å². The highest BCUT2D eigenvalue weighted by Gasteiger charge is 2.16. The average molecular weight is 334 g/mol. The van der Waals surface area contributed by atoms with Crippen LogP contribution in [-0.2, 0) is 6.54 Å². The first kappa shape index (κ1) is 17.0. The van der Waals surface area contributed by atoms with Gasteiger partial charge in [-0.1, -0.05) is 30.3 Å². The van der Waals surface area contributed by atoms with Crippen molar-refractivity contribution in [3.8, 4) is 5.75 Å². The van der Waals surface area contributed by atoms with Gasteiger partial charge >= 0.3 is 0 Å². The first-order valence-corrected chi connectivity index (χ1v) is 8.34. The van der Waals surface area contributed by atoms with Gasteiger partial charge in [-0.15, -0.1) is 0 Å². The van der Waals surface area contributed by atoms with Crippen molar-refractivity contribution in [3.05, 3.63) is 82.9 Å². The number of carbonyl (C=O) groups excluding carboxylic acids is 1. The van der Waals surface area contributed by atoms with Gasteiger partial charge in [0.25, 0.3) is 0 Å². The van der Waals surface area contributed by atoms with Crippen molar-refractivity contribution < 1.29 is 9.53 Å². The number of hydrogen-bond acceptors (Lipinski definition) is 3. The van der Waals surface area contributed by atoms with E-state index in [1.54, 1.807) is 6.20 Å². The van der Waals surface area contributed by atoms with Gasteiger partial charge in [0.05, 0.1) is 6.20 Å². The lowest BCUT2D eigenvalue weighted by Gasteiger charge is -2.10. The van der Waals surface area contributed by atoms with E-state index in [0.29, 0.717) is 11.3 Å². The molecule has 0 saturated carbocycles. The highest BCUT2D eigenvalue weighted by Crippen LogP contribution is 2.18. The number of hydrogen-bond donors (Lipinski definition) is 0. The Hall–Kier alpha value is -2.88. The van der Waals surface area contributed by atoms with Crippen LogP contribution in [0.1, 0.15) is 33.0 Å². The molecule has 25 heavy (non-hydrogen) atoms. The Kier molecular flexibility index (Phi) is 4.98. The van der Waals surface area contributed by atoms with Gasteiger partial charge in [-0.2, -0.15) is 0 Å². The average Bonchev–Trinajstić information content (AvgIpc) is 2.90. The second kappa shape index (κ2) is 7.34. The summed E-state index contributed by atoms with van der Waals surface area (Å²) in [7, 11) is 0. The number of aromatic nitrogens is 2. The van der Waals surface area contributed by atoms with Gasteiger partial charge in [-0.05, 0) is 44.5 Å². The van der Waals surface area contributed by atoms with Crippen molar-refractivity contribution in [3.63, 3.8) is 0 Å². The van der Waals surface area contributed by atoms with Crippen molar-refractivity contribution in [1.82, 2.24) is 9.55 Å². The van der Waals surface area contributed by atoms with Crippen LogP contribution >= 0.6 is 0 Å². The molecule has 0 aliphatic carbocycles. The van der Waals surface area contributed by atoms with Crippen LogP contribution in [0.3, 0.4) is 0 Å². The predicted octanol–water partition coefficient (Wildman–Crippen LogP) is 4.12. The molecular weight excluding hydrogens is 312 g/mol. The number of ketones is 1. The normalized spacial score (nSPS) is 10.7. The summed E-state index contributed by atoms with van der Waals surface area (Å²) in [6, 6.07) is 15.9. The first-order valence-electron chi connectivity index (χ1n) is 8.34. The summed E-state index contributed by atoms with van der Waals surface area (Å²) >= 11 is 0. The van der Waals surface area contributed by atoms with E-state index in [1.165, 1.54) is 5.56 Å². The van der Waals surface area contributed by atoms with E-state index in [0.717, 1.165) is 23.6 Å². The zero-order valence-electron chi connectivity index (χ0n) is 14.8. The Labute approximate surface area is 148 Å². The Bertz CT molecular complexity index is 865. The SMILES string of the molecule is Cc1ccc(OCC(=O)c2cc(C)n(Cc3ccccc3)c2C)cn1. The smallest absolute Gasteiger partial charge is 0.202 e. The number of Topliss-reactive ketones (excluding diaryl/α,β-unsaturated/α-hetero) is 1. The molecule has 4 nitrogen and oxygen atoms in total. The molecule has 0 aliphatic heterocycles. The summed E-state index contributed by atoms with van der Waals surface area (Å²) in [6.45, 7) is 6.69. The number of ether oxygens (including phenoxy) is 1. The second-order valence-corrected chi connectivity index (χ2v) is 6.20. The minimum atomic E-state index is -0.0204. The molecule has 2 aromatic heterocycles. The molecule has 2 heterocycles. The van der Waals surface area contributed by atoms with Gasteiger partial charge in [0.1, 0.15) is 5.75 Å². The van der Waals surface area contributed by atoms with Gasteiger partial charge in [-0.3, -0.25) is 9.78 Å². The maximum Gasteiger partial charge on any atom is 0.202 e. The minimum absolute atomic E-state index is 0.0143. The second-order valence-electron chi connectivity index (χ2n) is 6.20. The standard InChI is InChI=1S/C21H22N2O2/c1-15-9-10-19(12-22-15)25-14-21(24)20-11-16(2)23(17(20)3)13-18-7-5-4-6-8-18/h4-12H,13-14H2,1-3H3. The fourth-order valence-electron chi connectivity index (χ4n) is 2.86. The molecule has 3 rings (SSSR count). The fourth-order valence-corrected chi connectivity index (χ4v) is 2.86. The topological polar surface area (TPSA) is 44.1 Å². The summed E-state index contributed by atoms with van der Waals surface area (Å²) in [5.41, 5.74) is 4.89. The molecule has 0 bridgehead atoms. The van der Waals surface area contributed by atoms with Crippen LogP contribution in [0.4, 0.5) is 0 Å². The molecule has 0 atom stereocenters. The zero-order chi connectivity index (χ0) is 17.8. The fraction of sp³-hybridized carbons (Fsp3) is 0.238. The minimum Gasteiger partial charge on any atom is -0.484 e. The van der Waals surface area contributed by atoms with Crippen LogP contribution in [0.2, 0.25) is 0 Å². The van der Waals surface area contributed by atoms with E-state index in [9.17, 15) is 4.79 Å². The molecule has 4 heteroatoms. The van der Waals surface area contributed by atoms with Crippen molar-refractivity contribution >= 4 is 5.78 Å². The van der Waals surface area contributed by atoms with Crippen molar-refractivity contribution in [2.24, 2.45) is 0 Å². The molecule has 0 amide bonds. The van der Waals surface area contributed by atoms with Crippen LogP contribution in [0.5, 0.6) is 5.75 Å². The van der Waals surface area contributed by atoms with Crippen molar-refractivity contribution in [1.29, 1.82) is 0 Å². The van der Waals surface area contributed by atoms with Gasteiger partial charge in [0, 0.05) is 29.2 Å². The molecular formula is C21H22N2O2. The number of nitrogens with zero attached hydrogens (tertiary/aromatic N) is 2. The van der Waals surface area contributed by atoms with Gasteiger partial charge in [0.15, 0.2) is 6.61 Å². The molecule has 128 valence electrons. The Morgan fingerprint density at radius 3 is 2.52 bits per heavy atom. The summed E-state index contributed by atoms with van der Waals surface area (Å²) < 4.78 is 7.74. The third-order valence-corrected chi connectivity index (χ3v) is 4.31. The molecule has 0 aliphatic rings. The maximum atomic E-state index is 12.6. The molecule has 0 saturated heterocycles. The van der Waals surface area contributed by atoms with Crippen LogP contribution in [0, 0.1) is 20.8 Å². The van der Waals surface area contributed by atoms with E-state index in [1.807, 2.05) is 57.2 Å². The highest BCUT2D eigenvalue weighted by atomic mass is 16.5. The quantitative estimate of drug-likeness (QED) is 0.637. The van der Waals surface area contributed by atoms with Crippen molar-refractivity contribution in [2.75, 3.05) is 6.61 Å². The first-order chi connectivity index (χ1) is 12.0. The van der Waals surface area contributed by atoms with Crippen LogP contribution < -0.4 is 4.74 Å². The lowest BCUT2D eigenvalue weighted by molar-refractivity contribution is 0.0920. The Balaban J connectivity index is 1.72. The number of benzene rings is 1. The van der Waals surface area contributed by atoms with E-state index in [2.05, 4.69) is 21.7 Å². The van der Waals surface area contributed by atoms with Gasteiger partial charge in [0.2, 0.25) is 5.78 Å². The van der Waals surface area contributed by atoms with Crippen LogP contribution in [-0.4, -0.2) is 21.9 Å². The molecule has 1 aromatic carbocycles. The zero-order valence-corrected chi connectivity index (χ0v) is 14.8. The largest absolute Gasteiger partial charge is 0.484 e. The summed E-state index contributed by atoms with van der Waals surface area (Å²) in [4.78, 5) is 16.7.